The lowest BCUT2D eigenvalue weighted by atomic mass is 10.1. The van der Waals surface area contributed by atoms with Crippen LogP contribution in [0.5, 0.6) is 0 Å². The van der Waals surface area contributed by atoms with Crippen LogP contribution in [0.2, 0.25) is 0 Å². The number of hydrogen-bond acceptors (Lipinski definition) is 6. The molecule has 3 amide bonds. The lowest BCUT2D eigenvalue weighted by molar-refractivity contribution is -0.132. The van der Waals surface area contributed by atoms with Gasteiger partial charge in [0.2, 0.25) is 11.8 Å². The SMILES string of the molecule is O=C(NCC(=O)N1CCN([C@H]2CCS(=O)(=O)C2)CC1)c1ccc(N2CCCC2=O)cc1. The molecule has 1 N–H and O–H groups in total. The van der Waals surface area contributed by atoms with Gasteiger partial charge in [-0.05, 0) is 37.1 Å². The van der Waals surface area contributed by atoms with Crippen molar-refractivity contribution < 1.29 is 22.8 Å². The summed E-state index contributed by atoms with van der Waals surface area (Å²) in [6, 6.07) is 6.88. The van der Waals surface area contributed by atoms with Crippen molar-refractivity contribution in [2.45, 2.75) is 25.3 Å². The van der Waals surface area contributed by atoms with Gasteiger partial charge in [-0.15, -0.1) is 0 Å². The number of nitrogens with zero attached hydrogens (tertiary/aromatic N) is 3. The average Bonchev–Trinajstić information content (AvgIpc) is 3.36. The number of benzene rings is 1. The van der Waals surface area contributed by atoms with Gasteiger partial charge in [-0.3, -0.25) is 19.3 Å². The van der Waals surface area contributed by atoms with E-state index in [9.17, 15) is 22.8 Å². The van der Waals surface area contributed by atoms with Crippen molar-refractivity contribution in [3.8, 4) is 0 Å². The minimum atomic E-state index is -2.92. The molecule has 168 valence electrons. The fraction of sp³-hybridized carbons (Fsp3) is 0.571. The van der Waals surface area contributed by atoms with Gasteiger partial charge in [-0.1, -0.05) is 0 Å². The van der Waals surface area contributed by atoms with E-state index < -0.39 is 9.84 Å². The van der Waals surface area contributed by atoms with Crippen molar-refractivity contribution in [2.75, 3.05) is 55.7 Å². The summed E-state index contributed by atoms with van der Waals surface area (Å²) in [6.07, 6.45) is 2.06. The first-order chi connectivity index (χ1) is 14.8. The molecule has 0 radical (unpaired) electrons. The Balaban J connectivity index is 1.23. The summed E-state index contributed by atoms with van der Waals surface area (Å²) in [5.41, 5.74) is 1.22. The molecule has 31 heavy (non-hydrogen) atoms. The molecule has 9 nitrogen and oxygen atoms in total. The molecule has 0 unspecified atom stereocenters. The Labute approximate surface area is 182 Å². The van der Waals surface area contributed by atoms with Gasteiger partial charge >= 0.3 is 0 Å². The maximum Gasteiger partial charge on any atom is 0.251 e. The van der Waals surface area contributed by atoms with E-state index in [0.717, 1.165) is 12.1 Å². The number of carbonyl (C=O) groups is 3. The minimum absolute atomic E-state index is 0.0563. The standard InChI is InChI=1S/C21H28N4O5S/c26-19-2-1-8-25(19)17-5-3-16(4-6-17)21(28)22-14-20(27)24-11-9-23(10-12-24)18-7-13-31(29,30)15-18/h3-6,18H,1-2,7-15H2,(H,22,28)/t18-/m0/s1. The number of hydrogen-bond donors (Lipinski definition) is 1. The number of anilines is 1. The lowest BCUT2D eigenvalue weighted by Gasteiger charge is -2.37. The van der Waals surface area contributed by atoms with Crippen LogP contribution in [0.4, 0.5) is 5.69 Å². The van der Waals surface area contributed by atoms with Crippen LogP contribution in [0.1, 0.15) is 29.6 Å². The molecular weight excluding hydrogens is 420 g/mol. The quantitative estimate of drug-likeness (QED) is 0.673. The number of amides is 3. The van der Waals surface area contributed by atoms with Crippen molar-refractivity contribution >= 4 is 33.2 Å². The van der Waals surface area contributed by atoms with E-state index in [1.54, 1.807) is 34.1 Å². The van der Waals surface area contributed by atoms with E-state index in [1.807, 2.05) is 0 Å². The first-order valence-corrected chi connectivity index (χ1v) is 12.6. The Bertz CT molecular complexity index is 954. The largest absolute Gasteiger partial charge is 0.343 e. The van der Waals surface area contributed by atoms with E-state index in [1.165, 1.54) is 0 Å². The molecule has 3 heterocycles. The van der Waals surface area contributed by atoms with Crippen molar-refractivity contribution in [1.29, 1.82) is 0 Å². The second-order valence-electron chi connectivity index (χ2n) is 8.35. The highest BCUT2D eigenvalue weighted by molar-refractivity contribution is 7.91. The summed E-state index contributed by atoms with van der Waals surface area (Å²) < 4.78 is 23.3. The van der Waals surface area contributed by atoms with E-state index in [4.69, 9.17) is 0 Å². The molecule has 0 saturated carbocycles. The van der Waals surface area contributed by atoms with Crippen LogP contribution in [-0.4, -0.2) is 92.8 Å². The highest BCUT2D eigenvalue weighted by Crippen LogP contribution is 2.22. The molecule has 1 aromatic rings. The number of sulfone groups is 1. The van der Waals surface area contributed by atoms with Crippen molar-refractivity contribution in [1.82, 2.24) is 15.1 Å². The van der Waals surface area contributed by atoms with Crippen LogP contribution in [0.15, 0.2) is 24.3 Å². The average molecular weight is 449 g/mol. The Morgan fingerprint density at radius 2 is 1.74 bits per heavy atom. The summed E-state index contributed by atoms with van der Waals surface area (Å²) in [7, 11) is -2.92. The summed E-state index contributed by atoms with van der Waals surface area (Å²) >= 11 is 0. The second-order valence-corrected chi connectivity index (χ2v) is 10.6. The minimum Gasteiger partial charge on any atom is -0.343 e. The Kier molecular flexibility index (Phi) is 6.29. The zero-order valence-electron chi connectivity index (χ0n) is 17.5. The fourth-order valence-corrected chi connectivity index (χ4v) is 6.25. The van der Waals surface area contributed by atoms with Crippen LogP contribution >= 0.6 is 0 Å². The van der Waals surface area contributed by atoms with Gasteiger partial charge in [0.1, 0.15) is 0 Å². The Morgan fingerprint density at radius 3 is 2.32 bits per heavy atom. The van der Waals surface area contributed by atoms with Crippen LogP contribution in [0.25, 0.3) is 0 Å². The van der Waals surface area contributed by atoms with Gasteiger partial charge in [0.05, 0.1) is 18.1 Å². The van der Waals surface area contributed by atoms with Crippen molar-refractivity contribution in [2.24, 2.45) is 0 Å². The number of nitrogens with one attached hydrogen (secondary N) is 1. The second kappa shape index (κ2) is 8.96. The zero-order valence-corrected chi connectivity index (χ0v) is 18.3. The number of carbonyl (C=O) groups excluding carboxylic acids is 3. The van der Waals surface area contributed by atoms with Gasteiger partial charge in [0.15, 0.2) is 9.84 Å². The van der Waals surface area contributed by atoms with Crippen LogP contribution < -0.4 is 10.2 Å². The first-order valence-electron chi connectivity index (χ1n) is 10.7. The zero-order chi connectivity index (χ0) is 22.0. The highest BCUT2D eigenvalue weighted by atomic mass is 32.2. The molecule has 3 aliphatic rings. The molecule has 3 saturated heterocycles. The van der Waals surface area contributed by atoms with E-state index in [0.29, 0.717) is 51.1 Å². The fourth-order valence-electron chi connectivity index (χ4n) is 4.48. The molecule has 4 rings (SSSR count). The third-order valence-electron chi connectivity index (χ3n) is 6.31. The van der Waals surface area contributed by atoms with Crippen LogP contribution in [-0.2, 0) is 19.4 Å². The topological polar surface area (TPSA) is 107 Å². The van der Waals surface area contributed by atoms with Gasteiger partial charge in [0.25, 0.3) is 5.91 Å². The van der Waals surface area contributed by atoms with Gasteiger partial charge in [-0.2, -0.15) is 0 Å². The molecule has 3 fully saturated rings. The lowest BCUT2D eigenvalue weighted by Crippen LogP contribution is -2.53. The molecule has 0 aromatic heterocycles. The molecule has 1 aromatic carbocycles. The third kappa shape index (κ3) is 5.07. The molecule has 0 aliphatic carbocycles. The van der Waals surface area contributed by atoms with Gasteiger partial charge in [-0.25, -0.2) is 8.42 Å². The third-order valence-corrected chi connectivity index (χ3v) is 8.06. The molecule has 0 spiro atoms. The number of piperazine rings is 1. The van der Waals surface area contributed by atoms with E-state index in [2.05, 4.69) is 10.2 Å². The maximum atomic E-state index is 12.5. The summed E-state index contributed by atoms with van der Waals surface area (Å²) in [5, 5.41) is 2.67. The Hall–Kier alpha value is -2.46. The molecule has 1 atom stereocenters. The molecular formula is C21H28N4O5S. The summed E-state index contributed by atoms with van der Waals surface area (Å²) in [4.78, 5) is 42.3. The normalized spacial score (nSPS) is 23.9. The number of rotatable bonds is 5. The highest BCUT2D eigenvalue weighted by Gasteiger charge is 2.34. The van der Waals surface area contributed by atoms with Gasteiger partial charge in [0, 0.05) is 56.4 Å². The summed E-state index contributed by atoms with van der Waals surface area (Å²) in [5.74, 6) is 0.0751. The van der Waals surface area contributed by atoms with Gasteiger partial charge < -0.3 is 15.1 Å². The van der Waals surface area contributed by atoms with Crippen LogP contribution in [0.3, 0.4) is 0 Å². The maximum absolute atomic E-state index is 12.5. The predicted octanol–water partition coefficient (Wildman–Crippen LogP) is -0.125. The van der Waals surface area contributed by atoms with Crippen molar-refractivity contribution in [3.05, 3.63) is 29.8 Å². The van der Waals surface area contributed by atoms with E-state index in [-0.39, 0.29) is 41.8 Å². The predicted molar refractivity (Wildman–Crippen MR) is 116 cm³/mol. The molecule has 0 bridgehead atoms. The van der Waals surface area contributed by atoms with Crippen molar-refractivity contribution in [3.63, 3.8) is 0 Å². The van der Waals surface area contributed by atoms with E-state index >= 15 is 0 Å². The summed E-state index contributed by atoms with van der Waals surface area (Å²) in [6.45, 7) is 2.98. The first kappa shape index (κ1) is 21.8. The molecule has 10 heteroatoms. The Morgan fingerprint density at radius 1 is 1.03 bits per heavy atom. The monoisotopic (exact) mass is 448 g/mol. The smallest absolute Gasteiger partial charge is 0.251 e. The molecule has 3 aliphatic heterocycles. The van der Waals surface area contributed by atoms with Crippen LogP contribution in [0, 0.1) is 0 Å².